The summed E-state index contributed by atoms with van der Waals surface area (Å²) in [6.07, 6.45) is 4.15. The standard InChI is InChI=1S/C15H23NO3S/c1-18-13-6-11(15(20-3)7-14(13)19-2)8-16-9-12(17)10-4-5-10/h6-7,10,12,16-17H,4-5,8-9H2,1-3H3. The second-order valence-electron chi connectivity index (χ2n) is 5.05. The molecular formula is C15H23NO3S. The van der Waals surface area contributed by atoms with Crippen LogP contribution in [0.3, 0.4) is 0 Å². The maximum atomic E-state index is 9.86. The molecule has 1 aromatic rings. The number of rotatable bonds is 8. The third-order valence-corrected chi connectivity index (χ3v) is 4.44. The molecule has 4 nitrogen and oxygen atoms in total. The van der Waals surface area contributed by atoms with Crippen molar-refractivity contribution in [2.24, 2.45) is 5.92 Å². The van der Waals surface area contributed by atoms with Crippen molar-refractivity contribution in [1.82, 2.24) is 5.32 Å². The number of methoxy groups -OCH3 is 2. The van der Waals surface area contributed by atoms with E-state index in [1.807, 2.05) is 18.4 Å². The maximum absolute atomic E-state index is 9.86. The number of aliphatic hydroxyl groups excluding tert-OH is 1. The van der Waals surface area contributed by atoms with Gasteiger partial charge in [-0.2, -0.15) is 0 Å². The summed E-state index contributed by atoms with van der Waals surface area (Å²) >= 11 is 1.68. The number of benzene rings is 1. The molecule has 1 aliphatic rings. The van der Waals surface area contributed by atoms with Crippen molar-refractivity contribution in [2.75, 3.05) is 27.0 Å². The molecule has 2 rings (SSSR count). The lowest BCUT2D eigenvalue weighted by Crippen LogP contribution is -2.28. The fourth-order valence-corrected chi connectivity index (χ4v) is 2.85. The van der Waals surface area contributed by atoms with Crippen LogP contribution in [-0.4, -0.2) is 38.2 Å². The quantitative estimate of drug-likeness (QED) is 0.721. The molecule has 1 atom stereocenters. The summed E-state index contributed by atoms with van der Waals surface area (Å²) in [5.74, 6) is 2.00. The van der Waals surface area contributed by atoms with Crippen molar-refractivity contribution in [1.29, 1.82) is 0 Å². The van der Waals surface area contributed by atoms with Gasteiger partial charge in [0.25, 0.3) is 0 Å². The highest BCUT2D eigenvalue weighted by Crippen LogP contribution is 2.35. The first-order valence-corrected chi connectivity index (χ1v) is 8.09. The third-order valence-electron chi connectivity index (χ3n) is 3.62. The molecule has 1 aromatic carbocycles. The van der Waals surface area contributed by atoms with Crippen molar-refractivity contribution in [3.63, 3.8) is 0 Å². The highest BCUT2D eigenvalue weighted by molar-refractivity contribution is 7.98. The van der Waals surface area contributed by atoms with Gasteiger partial charge in [-0.3, -0.25) is 0 Å². The van der Waals surface area contributed by atoms with E-state index in [1.54, 1.807) is 26.0 Å². The molecule has 0 aromatic heterocycles. The van der Waals surface area contributed by atoms with Crippen LogP contribution in [0.5, 0.6) is 11.5 Å². The fraction of sp³-hybridized carbons (Fsp3) is 0.600. The summed E-state index contributed by atoms with van der Waals surface area (Å²) in [5, 5.41) is 13.2. The van der Waals surface area contributed by atoms with Crippen LogP contribution >= 0.6 is 11.8 Å². The molecule has 1 aliphatic carbocycles. The predicted molar refractivity (Wildman–Crippen MR) is 81.8 cm³/mol. The Morgan fingerprint density at radius 3 is 2.50 bits per heavy atom. The Labute approximate surface area is 124 Å². The van der Waals surface area contributed by atoms with Gasteiger partial charge in [0.15, 0.2) is 11.5 Å². The van der Waals surface area contributed by atoms with Crippen LogP contribution in [-0.2, 0) is 6.54 Å². The van der Waals surface area contributed by atoms with Crippen LogP contribution in [0.25, 0.3) is 0 Å². The lowest BCUT2D eigenvalue weighted by Gasteiger charge is -2.15. The molecule has 0 amide bonds. The minimum Gasteiger partial charge on any atom is -0.493 e. The highest BCUT2D eigenvalue weighted by Gasteiger charge is 2.29. The van der Waals surface area contributed by atoms with Gasteiger partial charge in [0, 0.05) is 18.0 Å². The second-order valence-corrected chi connectivity index (χ2v) is 5.90. The van der Waals surface area contributed by atoms with Crippen LogP contribution in [0, 0.1) is 5.92 Å². The number of aliphatic hydroxyl groups is 1. The Kier molecular flexibility index (Phi) is 5.57. The van der Waals surface area contributed by atoms with Gasteiger partial charge in [0.05, 0.1) is 20.3 Å². The number of thioether (sulfide) groups is 1. The molecule has 2 N–H and O–H groups in total. The molecule has 0 saturated heterocycles. The molecule has 1 unspecified atom stereocenters. The molecule has 0 spiro atoms. The summed E-state index contributed by atoms with van der Waals surface area (Å²) in [5.41, 5.74) is 1.16. The normalized spacial score (nSPS) is 16.0. The molecule has 0 aliphatic heterocycles. The van der Waals surface area contributed by atoms with E-state index in [-0.39, 0.29) is 6.10 Å². The minimum atomic E-state index is -0.215. The predicted octanol–water partition coefficient (Wildman–Crippen LogP) is 2.29. The summed E-state index contributed by atoms with van der Waals surface area (Å²) in [6, 6.07) is 4.00. The average molecular weight is 297 g/mol. The Balaban J connectivity index is 2.01. The van der Waals surface area contributed by atoms with Gasteiger partial charge < -0.3 is 19.9 Å². The third kappa shape index (κ3) is 3.81. The van der Waals surface area contributed by atoms with Gasteiger partial charge in [-0.15, -0.1) is 11.8 Å². The zero-order valence-electron chi connectivity index (χ0n) is 12.3. The van der Waals surface area contributed by atoms with Crippen molar-refractivity contribution >= 4 is 11.8 Å². The Bertz CT molecular complexity index is 449. The molecular weight excluding hydrogens is 274 g/mol. The average Bonchev–Trinajstić information content (AvgIpc) is 3.31. The first kappa shape index (κ1) is 15.5. The molecule has 20 heavy (non-hydrogen) atoms. The molecule has 0 heterocycles. The number of hydrogen-bond acceptors (Lipinski definition) is 5. The van der Waals surface area contributed by atoms with Crippen LogP contribution in [0.1, 0.15) is 18.4 Å². The van der Waals surface area contributed by atoms with Crippen molar-refractivity contribution < 1.29 is 14.6 Å². The Morgan fingerprint density at radius 1 is 1.30 bits per heavy atom. The number of ether oxygens (including phenoxy) is 2. The first-order valence-electron chi connectivity index (χ1n) is 6.87. The van der Waals surface area contributed by atoms with Crippen molar-refractivity contribution in [2.45, 2.75) is 30.4 Å². The van der Waals surface area contributed by atoms with Crippen LogP contribution < -0.4 is 14.8 Å². The Morgan fingerprint density at radius 2 is 1.95 bits per heavy atom. The van der Waals surface area contributed by atoms with Gasteiger partial charge >= 0.3 is 0 Å². The lowest BCUT2D eigenvalue weighted by molar-refractivity contribution is 0.148. The summed E-state index contributed by atoms with van der Waals surface area (Å²) in [4.78, 5) is 1.16. The van der Waals surface area contributed by atoms with E-state index < -0.39 is 0 Å². The van der Waals surface area contributed by atoms with Crippen molar-refractivity contribution in [3.8, 4) is 11.5 Å². The Hall–Kier alpha value is -0.910. The van der Waals surface area contributed by atoms with E-state index in [2.05, 4.69) is 5.32 Å². The van der Waals surface area contributed by atoms with Crippen LogP contribution in [0.2, 0.25) is 0 Å². The van der Waals surface area contributed by atoms with E-state index >= 15 is 0 Å². The minimum absolute atomic E-state index is 0.215. The molecule has 0 radical (unpaired) electrons. The fourth-order valence-electron chi connectivity index (χ4n) is 2.23. The van der Waals surface area contributed by atoms with Gasteiger partial charge in [-0.05, 0) is 42.7 Å². The lowest BCUT2D eigenvalue weighted by atomic mass is 10.2. The number of nitrogens with one attached hydrogen (secondary N) is 1. The zero-order valence-corrected chi connectivity index (χ0v) is 13.1. The largest absolute Gasteiger partial charge is 0.493 e. The monoisotopic (exact) mass is 297 g/mol. The van der Waals surface area contributed by atoms with E-state index in [4.69, 9.17) is 9.47 Å². The summed E-state index contributed by atoms with van der Waals surface area (Å²) < 4.78 is 10.7. The summed E-state index contributed by atoms with van der Waals surface area (Å²) in [6.45, 7) is 1.37. The SMILES string of the molecule is COc1cc(CNCC(O)C2CC2)c(SC)cc1OC. The zero-order chi connectivity index (χ0) is 14.5. The van der Waals surface area contributed by atoms with Gasteiger partial charge in [0.1, 0.15) is 0 Å². The van der Waals surface area contributed by atoms with Crippen LogP contribution in [0.4, 0.5) is 0 Å². The van der Waals surface area contributed by atoms with Crippen LogP contribution in [0.15, 0.2) is 17.0 Å². The van der Waals surface area contributed by atoms with Gasteiger partial charge in [-0.25, -0.2) is 0 Å². The van der Waals surface area contributed by atoms with Crippen molar-refractivity contribution in [3.05, 3.63) is 17.7 Å². The number of hydrogen-bond donors (Lipinski definition) is 2. The van der Waals surface area contributed by atoms with Gasteiger partial charge in [-0.1, -0.05) is 0 Å². The second kappa shape index (κ2) is 7.20. The van der Waals surface area contributed by atoms with Gasteiger partial charge in [0.2, 0.25) is 0 Å². The molecule has 112 valence electrons. The topological polar surface area (TPSA) is 50.7 Å². The maximum Gasteiger partial charge on any atom is 0.161 e. The molecule has 5 heteroatoms. The van der Waals surface area contributed by atoms with E-state index in [9.17, 15) is 5.11 Å². The molecule has 1 saturated carbocycles. The van der Waals surface area contributed by atoms with E-state index in [0.29, 0.717) is 12.5 Å². The smallest absolute Gasteiger partial charge is 0.161 e. The highest BCUT2D eigenvalue weighted by atomic mass is 32.2. The van der Waals surface area contributed by atoms with E-state index in [0.717, 1.165) is 41.3 Å². The summed E-state index contributed by atoms with van der Waals surface area (Å²) in [7, 11) is 3.29. The molecule has 1 fully saturated rings. The van der Waals surface area contributed by atoms with E-state index in [1.165, 1.54) is 0 Å². The first-order chi connectivity index (χ1) is 9.69. The molecule has 0 bridgehead atoms.